The Bertz CT molecular complexity index is 612. The molecule has 106 valence electrons. The molecule has 0 amide bonds. The summed E-state index contributed by atoms with van der Waals surface area (Å²) in [6, 6.07) is 1.38. The highest BCUT2D eigenvalue weighted by atomic mass is 32.2. The van der Waals surface area contributed by atoms with Gasteiger partial charge in [-0.2, -0.15) is 0 Å². The van der Waals surface area contributed by atoms with Gasteiger partial charge in [-0.3, -0.25) is 0 Å². The molecule has 0 aliphatic carbocycles. The summed E-state index contributed by atoms with van der Waals surface area (Å²) < 4.78 is 0. The number of hydrogen-bond acceptors (Lipinski definition) is 5. The summed E-state index contributed by atoms with van der Waals surface area (Å²) in [7, 11) is 0. The molecular formula is C13H14N2O4S. The van der Waals surface area contributed by atoms with Crippen LogP contribution < -0.4 is 0 Å². The summed E-state index contributed by atoms with van der Waals surface area (Å²) in [5.74, 6) is -1.81. The first kappa shape index (κ1) is 14.4. The van der Waals surface area contributed by atoms with E-state index in [9.17, 15) is 9.59 Å². The third-order valence-corrected chi connectivity index (χ3v) is 4.34. The van der Waals surface area contributed by atoms with Gasteiger partial charge in [0, 0.05) is 23.3 Å². The second-order valence-corrected chi connectivity index (χ2v) is 5.62. The van der Waals surface area contributed by atoms with Crippen LogP contribution in [0.25, 0.3) is 0 Å². The van der Waals surface area contributed by atoms with E-state index in [1.165, 1.54) is 17.2 Å². The van der Waals surface area contributed by atoms with Crippen molar-refractivity contribution in [2.24, 2.45) is 0 Å². The van der Waals surface area contributed by atoms with E-state index in [1.807, 2.05) is 13.8 Å². The quantitative estimate of drug-likeness (QED) is 0.879. The van der Waals surface area contributed by atoms with Gasteiger partial charge in [-0.15, -0.1) is 11.8 Å². The Balaban J connectivity index is 2.28. The van der Waals surface area contributed by atoms with Crippen LogP contribution in [0.4, 0.5) is 0 Å². The molecule has 0 unspecified atom stereocenters. The lowest BCUT2D eigenvalue weighted by molar-refractivity contribution is 0.0646. The third-order valence-electron chi connectivity index (χ3n) is 3.17. The van der Waals surface area contributed by atoms with E-state index < -0.39 is 17.6 Å². The number of carboxylic acids is 2. The number of carbonyl (C=O) groups is 2. The molecule has 0 atom stereocenters. The van der Waals surface area contributed by atoms with E-state index in [4.69, 9.17) is 10.2 Å². The Labute approximate surface area is 120 Å². The lowest BCUT2D eigenvalue weighted by atomic mass is 10.1. The van der Waals surface area contributed by atoms with Crippen molar-refractivity contribution in [3.05, 3.63) is 39.7 Å². The number of carboxylic acid groups (broad SMARTS) is 2. The van der Waals surface area contributed by atoms with Crippen LogP contribution in [0, 0.1) is 0 Å². The predicted molar refractivity (Wildman–Crippen MR) is 74.5 cm³/mol. The minimum atomic E-state index is -1.34. The van der Waals surface area contributed by atoms with E-state index in [-0.39, 0.29) is 5.56 Å². The van der Waals surface area contributed by atoms with E-state index in [1.54, 1.807) is 11.8 Å². The monoisotopic (exact) mass is 294 g/mol. The van der Waals surface area contributed by atoms with Crippen molar-refractivity contribution in [1.29, 1.82) is 0 Å². The molecule has 0 aromatic carbocycles. The summed E-state index contributed by atoms with van der Waals surface area (Å²) in [6.45, 7) is 4.56. The first-order chi connectivity index (χ1) is 9.40. The van der Waals surface area contributed by atoms with Crippen molar-refractivity contribution in [3.8, 4) is 0 Å². The number of rotatable bonds is 4. The fourth-order valence-electron chi connectivity index (χ4n) is 1.91. The number of aromatic carboxylic acids is 2. The van der Waals surface area contributed by atoms with E-state index in [2.05, 4.69) is 9.88 Å². The molecule has 0 fully saturated rings. The van der Waals surface area contributed by atoms with Gasteiger partial charge in [0.05, 0.1) is 11.4 Å². The molecule has 2 heterocycles. The Kier molecular flexibility index (Phi) is 3.99. The summed E-state index contributed by atoms with van der Waals surface area (Å²) in [5.41, 5.74) is 1.12. The van der Waals surface area contributed by atoms with Crippen LogP contribution in [0.1, 0.15) is 40.3 Å². The lowest BCUT2D eigenvalue weighted by Crippen LogP contribution is -2.18. The van der Waals surface area contributed by atoms with Gasteiger partial charge in [0.2, 0.25) is 0 Å². The summed E-state index contributed by atoms with van der Waals surface area (Å²) >= 11 is 1.73. The van der Waals surface area contributed by atoms with Crippen molar-refractivity contribution in [2.45, 2.75) is 20.4 Å². The molecular weight excluding hydrogens is 280 g/mol. The molecule has 0 spiro atoms. The highest BCUT2D eigenvalue weighted by Crippen LogP contribution is 2.32. The normalized spacial score (nSPS) is 14.8. The molecule has 2 N–H and O–H groups in total. The van der Waals surface area contributed by atoms with Crippen molar-refractivity contribution < 1.29 is 19.8 Å². The fraction of sp³-hybridized carbons (Fsp3) is 0.308. The molecule has 0 saturated carbocycles. The zero-order chi connectivity index (χ0) is 14.9. The van der Waals surface area contributed by atoms with Crippen LogP contribution in [0.3, 0.4) is 0 Å². The molecule has 1 aromatic rings. The second kappa shape index (κ2) is 5.54. The molecule has 0 radical (unpaired) electrons. The Hall–Kier alpha value is -2.02. The Morgan fingerprint density at radius 1 is 1.35 bits per heavy atom. The second-order valence-electron chi connectivity index (χ2n) is 4.46. The van der Waals surface area contributed by atoms with Crippen LogP contribution in [0.5, 0.6) is 0 Å². The first-order valence-corrected chi connectivity index (χ1v) is 6.89. The van der Waals surface area contributed by atoms with Crippen molar-refractivity contribution >= 4 is 23.7 Å². The maximum absolute atomic E-state index is 11.1. The van der Waals surface area contributed by atoms with Crippen molar-refractivity contribution in [2.75, 3.05) is 5.88 Å². The van der Waals surface area contributed by atoms with E-state index >= 15 is 0 Å². The highest BCUT2D eigenvalue weighted by Gasteiger charge is 2.21. The number of nitrogens with zero attached hydrogens (tertiary/aromatic N) is 2. The van der Waals surface area contributed by atoms with Crippen LogP contribution in [0.15, 0.2) is 22.9 Å². The molecule has 1 aliphatic rings. The third kappa shape index (κ3) is 2.77. The number of allylic oxidation sites excluding steroid dienone is 2. The molecule has 1 aromatic heterocycles. The number of pyridine rings is 1. The zero-order valence-electron chi connectivity index (χ0n) is 11.1. The van der Waals surface area contributed by atoms with Gasteiger partial charge in [0.1, 0.15) is 0 Å². The maximum atomic E-state index is 11.1. The van der Waals surface area contributed by atoms with Gasteiger partial charge in [0.15, 0.2) is 5.69 Å². The standard InChI is InChI=1S/C13H14N2O4S/c1-7-8(2)20-6-15(7)5-9-3-10(12(16)17)11(13(18)19)14-4-9/h3-4H,5-6H2,1-2H3,(H,16,17)(H,18,19). The van der Waals surface area contributed by atoms with Gasteiger partial charge in [0.25, 0.3) is 0 Å². The van der Waals surface area contributed by atoms with Gasteiger partial charge in [-0.1, -0.05) is 0 Å². The van der Waals surface area contributed by atoms with Gasteiger partial charge >= 0.3 is 11.9 Å². The lowest BCUT2D eigenvalue weighted by Gasteiger charge is -2.19. The predicted octanol–water partition coefficient (Wildman–Crippen LogP) is 2.24. The Morgan fingerprint density at radius 2 is 2.05 bits per heavy atom. The van der Waals surface area contributed by atoms with Crippen LogP contribution in [0.2, 0.25) is 0 Å². The zero-order valence-corrected chi connectivity index (χ0v) is 11.9. The van der Waals surface area contributed by atoms with E-state index in [0.29, 0.717) is 12.1 Å². The average Bonchev–Trinajstić information content (AvgIpc) is 2.70. The van der Waals surface area contributed by atoms with Crippen molar-refractivity contribution in [3.63, 3.8) is 0 Å². The average molecular weight is 294 g/mol. The van der Waals surface area contributed by atoms with Gasteiger partial charge in [-0.25, -0.2) is 14.6 Å². The molecule has 6 nitrogen and oxygen atoms in total. The van der Waals surface area contributed by atoms with Crippen LogP contribution >= 0.6 is 11.8 Å². The molecule has 2 rings (SSSR count). The van der Waals surface area contributed by atoms with Crippen LogP contribution in [-0.2, 0) is 6.54 Å². The van der Waals surface area contributed by atoms with E-state index in [0.717, 1.165) is 11.6 Å². The van der Waals surface area contributed by atoms with Crippen molar-refractivity contribution in [1.82, 2.24) is 9.88 Å². The highest BCUT2D eigenvalue weighted by molar-refractivity contribution is 8.03. The molecule has 0 saturated heterocycles. The largest absolute Gasteiger partial charge is 0.478 e. The number of thioether (sulfide) groups is 1. The molecule has 1 aliphatic heterocycles. The summed E-state index contributed by atoms with van der Waals surface area (Å²) in [4.78, 5) is 29.1. The number of hydrogen-bond donors (Lipinski definition) is 2. The first-order valence-electron chi connectivity index (χ1n) is 5.91. The fourth-order valence-corrected chi connectivity index (χ4v) is 2.88. The summed E-state index contributed by atoms with van der Waals surface area (Å²) in [6.07, 6.45) is 1.42. The summed E-state index contributed by atoms with van der Waals surface area (Å²) in [5, 5.41) is 18.0. The molecule has 20 heavy (non-hydrogen) atoms. The van der Waals surface area contributed by atoms with Gasteiger partial charge in [-0.05, 0) is 25.5 Å². The Morgan fingerprint density at radius 3 is 2.55 bits per heavy atom. The minimum Gasteiger partial charge on any atom is -0.478 e. The SMILES string of the molecule is CC1=C(C)N(Cc2cnc(C(=O)O)c(C(=O)O)c2)CS1. The molecule has 7 heteroatoms. The smallest absolute Gasteiger partial charge is 0.355 e. The van der Waals surface area contributed by atoms with Gasteiger partial charge < -0.3 is 15.1 Å². The topological polar surface area (TPSA) is 90.7 Å². The minimum absolute atomic E-state index is 0.278. The maximum Gasteiger partial charge on any atom is 0.355 e. The molecule has 0 bridgehead atoms. The van der Waals surface area contributed by atoms with Crippen LogP contribution in [-0.4, -0.2) is 37.9 Å². The number of aromatic nitrogens is 1.